The number of rotatable bonds is 7. The first-order valence-electron chi connectivity index (χ1n) is 9.89. The molecule has 2 aromatic rings. The average Bonchev–Trinajstić information content (AvgIpc) is 2.78. The van der Waals surface area contributed by atoms with E-state index < -0.39 is 28.6 Å². The smallest absolute Gasteiger partial charge is 0.344 e. The molecule has 0 radical (unpaired) electrons. The van der Waals surface area contributed by atoms with Crippen LogP contribution >= 0.6 is 11.6 Å². The lowest BCUT2D eigenvalue weighted by molar-refractivity contribution is -0.144. The molecular weight excluding hydrogens is 442 g/mol. The van der Waals surface area contributed by atoms with Gasteiger partial charge in [-0.05, 0) is 48.9 Å². The van der Waals surface area contributed by atoms with Crippen LogP contribution < -0.4 is 0 Å². The summed E-state index contributed by atoms with van der Waals surface area (Å²) >= 11 is 6.16. The second kappa shape index (κ2) is 10.3. The summed E-state index contributed by atoms with van der Waals surface area (Å²) in [4.78, 5) is 23.2. The van der Waals surface area contributed by atoms with Crippen molar-refractivity contribution >= 4 is 33.6 Å². The van der Waals surface area contributed by atoms with Crippen LogP contribution in [0, 0.1) is 5.92 Å². The summed E-state index contributed by atoms with van der Waals surface area (Å²) in [6.07, 6.45) is 2.40. The van der Waals surface area contributed by atoms with Crippen LogP contribution in [0.1, 0.15) is 28.8 Å². The molecule has 0 aromatic heterocycles. The largest absolute Gasteiger partial charge is 0.466 e. The molecule has 1 heterocycles. The summed E-state index contributed by atoms with van der Waals surface area (Å²) in [5.74, 6) is -1.14. The zero-order chi connectivity index (χ0) is 22.4. The Balaban J connectivity index is 1.69. The van der Waals surface area contributed by atoms with Crippen LogP contribution in [0.5, 0.6) is 0 Å². The van der Waals surface area contributed by atoms with Crippen LogP contribution in [-0.2, 0) is 30.7 Å². The highest BCUT2D eigenvalue weighted by molar-refractivity contribution is 7.89. The van der Waals surface area contributed by atoms with Gasteiger partial charge in [0.1, 0.15) is 4.90 Å². The van der Waals surface area contributed by atoms with Crippen LogP contribution in [0.15, 0.2) is 53.4 Å². The number of hydrogen-bond acceptors (Lipinski definition) is 6. The van der Waals surface area contributed by atoms with E-state index in [-0.39, 0.29) is 15.5 Å². The van der Waals surface area contributed by atoms with Gasteiger partial charge in [0, 0.05) is 13.1 Å². The number of carbonyl (C=O) groups excluding carboxylic acids is 2. The molecule has 0 atom stereocenters. The zero-order valence-corrected chi connectivity index (χ0v) is 18.7. The average molecular weight is 466 g/mol. The third-order valence-corrected chi connectivity index (χ3v) is 7.65. The molecule has 0 aliphatic carbocycles. The van der Waals surface area contributed by atoms with Gasteiger partial charge in [-0.15, -0.1) is 0 Å². The Morgan fingerprint density at radius 1 is 1.10 bits per heavy atom. The van der Waals surface area contributed by atoms with Crippen molar-refractivity contribution < 1.29 is 27.5 Å². The third kappa shape index (κ3) is 5.84. The minimum absolute atomic E-state index is 0.00848. The molecule has 7 nitrogen and oxygen atoms in total. The number of sulfonamides is 1. The molecule has 9 heteroatoms. The lowest BCUT2D eigenvalue weighted by Gasteiger charge is -2.31. The molecule has 1 aliphatic heterocycles. The maximum atomic E-state index is 13.2. The molecule has 0 saturated carbocycles. The molecule has 0 spiro atoms. The van der Waals surface area contributed by atoms with Gasteiger partial charge in [-0.25, -0.2) is 18.0 Å². The molecule has 0 bridgehead atoms. The summed E-state index contributed by atoms with van der Waals surface area (Å²) in [7, 11) is -2.71. The number of methoxy groups -OCH3 is 1. The van der Waals surface area contributed by atoms with Gasteiger partial charge in [-0.2, -0.15) is 4.31 Å². The molecule has 0 amide bonds. The van der Waals surface area contributed by atoms with E-state index in [2.05, 4.69) is 16.9 Å². The fourth-order valence-corrected chi connectivity index (χ4v) is 5.51. The first kappa shape index (κ1) is 23.2. The predicted octanol–water partition coefficient (Wildman–Crippen LogP) is 3.31. The lowest BCUT2D eigenvalue weighted by atomic mass is 9.91. The molecule has 1 saturated heterocycles. The van der Waals surface area contributed by atoms with Gasteiger partial charge < -0.3 is 9.47 Å². The van der Waals surface area contributed by atoms with E-state index in [0.717, 1.165) is 19.3 Å². The number of benzene rings is 2. The quantitative estimate of drug-likeness (QED) is 0.583. The number of esters is 2. The second-order valence-electron chi connectivity index (χ2n) is 7.33. The van der Waals surface area contributed by atoms with Crippen molar-refractivity contribution in [1.29, 1.82) is 0 Å². The molecule has 166 valence electrons. The Hall–Kier alpha value is -2.42. The first-order valence-corrected chi connectivity index (χ1v) is 11.7. The van der Waals surface area contributed by atoms with Crippen molar-refractivity contribution in [2.45, 2.75) is 24.2 Å². The fraction of sp³-hybridized carbons (Fsp3) is 0.364. The summed E-state index contributed by atoms with van der Waals surface area (Å²) in [6.45, 7) is 0.204. The molecule has 1 aliphatic rings. The van der Waals surface area contributed by atoms with Crippen molar-refractivity contribution in [3.63, 3.8) is 0 Å². The number of halogens is 1. The van der Waals surface area contributed by atoms with E-state index in [9.17, 15) is 18.0 Å². The normalized spacial score (nSPS) is 15.4. The molecule has 2 aromatic carbocycles. The maximum Gasteiger partial charge on any atom is 0.344 e. The summed E-state index contributed by atoms with van der Waals surface area (Å²) in [5.41, 5.74) is 1.23. The van der Waals surface area contributed by atoms with Gasteiger partial charge in [-0.1, -0.05) is 41.9 Å². The first-order chi connectivity index (χ1) is 14.8. The minimum Gasteiger partial charge on any atom is -0.466 e. The van der Waals surface area contributed by atoms with E-state index in [1.807, 2.05) is 18.2 Å². The summed E-state index contributed by atoms with van der Waals surface area (Å²) in [6, 6.07) is 14.0. The Bertz CT molecular complexity index is 1030. The number of nitrogens with zero attached hydrogens (tertiary/aromatic N) is 1. The minimum atomic E-state index is -3.88. The van der Waals surface area contributed by atoms with E-state index in [1.165, 1.54) is 35.2 Å². The molecule has 3 rings (SSSR count). The van der Waals surface area contributed by atoms with Gasteiger partial charge in [0.05, 0.1) is 17.7 Å². The molecular formula is C22H24ClNO6S. The van der Waals surface area contributed by atoms with Crippen LogP contribution in [0.3, 0.4) is 0 Å². The number of piperidine rings is 1. The molecule has 31 heavy (non-hydrogen) atoms. The highest BCUT2D eigenvalue weighted by Gasteiger charge is 2.31. The fourth-order valence-electron chi connectivity index (χ4n) is 3.54. The van der Waals surface area contributed by atoms with E-state index in [0.29, 0.717) is 19.0 Å². The van der Waals surface area contributed by atoms with Crippen molar-refractivity contribution in [2.75, 3.05) is 26.8 Å². The van der Waals surface area contributed by atoms with Crippen molar-refractivity contribution in [3.05, 3.63) is 64.7 Å². The zero-order valence-electron chi connectivity index (χ0n) is 17.1. The Labute approximate surface area is 187 Å². The number of carbonyl (C=O) groups is 2. The molecule has 0 N–H and O–H groups in total. The maximum absolute atomic E-state index is 13.2. The lowest BCUT2D eigenvalue weighted by Crippen LogP contribution is -2.39. The predicted molar refractivity (Wildman–Crippen MR) is 115 cm³/mol. The van der Waals surface area contributed by atoms with Crippen LogP contribution in [0.25, 0.3) is 0 Å². The van der Waals surface area contributed by atoms with E-state index in [1.54, 1.807) is 0 Å². The van der Waals surface area contributed by atoms with Gasteiger partial charge in [0.2, 0.25) is 10.0 Å². The number of hydrogen-bond donors (Lipinski definition) is 0. The van der Waals surface area contributed by atoms with Gasteiger partial charge in [-0.3, -0.25) is 0 Å². The van der Waals surface area contributed by atoms with E-state index >= 15 is 0 Å². The van der Waals surface area contributed by atoms with Crippen LogP contribution in [0.4, 0.5) is 0 Å². The summed E-state index contributed by atoms with van der Waals surface area (Å²) < 4.78 is 37.0. The van der Waals surface area contributed by atoms with Crippen LogP contribution in [-0.4, -0.2) is 51.5 Å². The monoisotopic (exact) mass is 465 g/mol. The van der Waals surface area contributed by atoms with Gasteiger partial charge >= 0.3 is 11.9 Å². The van der Waals surface area contributed by atoms with E-state index in [4.69, 9.17) is 16.3 Å². The van der Waals surface area contributed by atoms with Gasteiger partial charge in [0.15, 0.2) is 6.61 Å². The topological polar surface area (TPSA) is 90.0 Å². The van der Waals surface area contributed by atoms with Crippen molar-refractivity contribution in [1.82, 2.24) is 4.31 Å². The molecule has 0 unspecified atom stereocenters. The van der Waals surface area contributed by atoms with Gasteiger partial charge in [0.25, 0.3) is 0 Å². The van der Waals surface area contributed by atoms with Crippen LogP contribution in [0.2, 0.25) is 5.02 Å². The second-order valence-corrected chi connectivity index (χ2v) is 9.65. The Morgan fingerprint density at radius 2 is 1.77 bits per heavy atom. The Morgan fingerprint density at radius 3 is 2.42 bits per heavy atom. The highest BCUT2D eigenvalue weighted by atomic mass is 35.5. The summed E-state index contributed by atoms with van der Waals surface area (Å²) in [5, 5.41) is 0.0240. The molecule has 1 fully saturated rings. The van der Waals surface area contributed by atoms with Crippen molar-refractivity contribution in [3.8, 4) is 0 Å². The SMILES string of the molecule is COC(=O)COC(=O)c1ccc(Cl)c(S(=O)(=O)N2CCC(Cc3ccccc3)CC2)c1. The van der Waals surface area contributed by atoms with Crippen molar-refractivity contribution in [2.24, 2.45) is 5.92 Å². The highest BCUT2D eigenvalue weighted by Crippen LogP contribution is 2.30. The Kier molecular flexibility index (Phi) is 7.69. The number of ether oxygens (including phenoxy) is 2. The third-order valence-electron chi connectivity index (χ3n) is 5.27. The standard InChI is InChI=1S/C22H24ClNO6S/c1-29-21(25)15-30-22(26)18-7-8-19(23)20(14-18)31(27,28)24-11-9-17(10-12-24)13-16-5-3-2-4-6-16/h2-8,14,17H,9-13,15H2,1H3.